The summed E-state index contributed by atoms with van der Waals surface area (Å²) < 4.78 is 6.20. The van der Waals surface area contributed by atoms with Crippen molar-refractivity contribution in [3.05, 3.63) is 23.5 Å². The summed E-state index contributed by atoms with van der Waals surface area (Å²) in [5, 5.41) is 12.5. The highest BCUT2D eigenvalue weighted by molar-refractivity contribution is 6.66. The predicted octanol–water partition coefficient (Wildman–Crippen LogP) is 1.41. The molecule has 4 nitrogen and oxygen atoms in total. The minimum atomic E-state index is 0.123. The van der Waals surface area contributed by atoms with Crippen LogP contribution in [0, 0.1) is 16.6 Å². The molecule has 1 aromatic heterocycles. The van der Waals surface area contributed by atoms with Crippen LogP contribution in [0.1, 0.15) is 24.1 Å². The van der Waals surface area contributed by atoms with Crippen molar-refractivity contribution >= 4 is 6.71 Å². The van der Waals surface area contributed by atoms with E-state index >= 15 is 0 Å². The van der Waals surface area contributed by atoms with Crippen molar-refractivity contribution in [3.63, 3.8) is 0 Å². The normalized spacial score (nSPS) is 23.4. The standard InChI is InChI=1S/C15H18BN3O/c17-10-16-3-1-13-12(7-16)14(2-4-19-13)20-11-5-15(6-11)8-18-9-15/h2,4,11,18H,1,3,5-9H2. The fourth-order valence-electron chi connectivity index (χ4n) is 3.77. The topological polar surface area (TPSA) is 57.9 Å². The van der Waals surface area contributed by atoms with Crippen LogP contribution < -0.4 is 10.1 Å². The van der Waals surface area contributed by atoms with E-state index in [9.17, 15) is 0 Å². The van der Waals surface area contributed by atoms with Gasteiger partial charge in [-0.25, -0.2) is 5.26 Å². The van der Waals surface area contributed by atoms with Gasteiger partial charge in [0, 0.05) is 41.9 Å². The number of nitrogens with zero attached hydrogens (tertiary/aromatic N) is 2. The summed E-state index contributed by atoms with van der Waals surface area (Å²) in [4.78, 5) is 4.46. The smallest absolute Gasteiger partial charge is 0.272 e. The van der Waals surface area contributed by atoms with Crippen molar-refractivity contribution < 1.29 is 4.74 Å². The molecule has 3 heterocycles. The van der Waals surface area contributed by atoms with Crippen LogP contribution in [0.3, 0.4) is 0 Å². The van der Waals surface area contributed by atoms with Gasteiger partial charge in [0.15, 0.2) is 0 Å². The third-order valence-electron chi connectivity index (χ3n) is 5.08. The molecule has 1 aromatic rings. The molecule has 0 aromatic carbocycles. The Hall–Kier alpha value is -1.54. The maximum Gasteiger partial charge on any atom is 0.272 e. The van der Waals surface area contributed by atoms with Crippen LogP contribution in [0.25, 0.3) is 0 Å². The minimum Gasteiger partial charge on any atom is -0.490 e. The average Bonchev–Trinajstić information content (AvgIpc) is 2.39. The molecule has 0 atom stereocenters. The molecule has 0 amide bonds. The van der Waals surface area contributed by atoms with E-state index in [2.05, 4.69) is 16.3 Å². The van der Waals surface area contributed by atoms with Crippen molar-refractivity contribution in [2.45, 2.75) is 38.0 Å². The van der Waals surface area contributed by atoms with Crippen molar-refractivity contribution in [2.75, 3.05) is 13.1 Å². The molecule has 4 rings (SSSR count). The molecule has 1 spiro atoms. The maximum atomic E-state index is 9.14. The molecule has 0 radical (unpaired) electrons. The van der Waals surface area contributed by atoms with Crippen molar-refractivity contribution in [2.24, 2.45) is 5.41 Å². The predicted molar refractivity (Wildman–Crippen MR) is 76.8 cm³/mol. The Kier molecular flexibility index (Phi) is 2.75. The zero-order valence-electron chi connectivity index (χ0n) is 11.6. The summed E-state index contributed by atoms with van der Waals surface area (Å²) in [5.41, 5.74) is 2.85. The molecule has 0 bridgehead atoms. The number of fused-ring (bicyclic) bond motifs is 1. The Bertz CT molecular complexity index is 571. The van der Waals surface area contributed by atoms with Crippen LogP contribution in [0.4, 0.5) is 0 Å². The van der Waals surface area contributed by atoms with E-state index < -0.39 is 0 Å². The van der Waals surface area contributed by atoms with Gasteiger partial charge in [-0.3, -0.25) is 4.98 Å². The zero-order valence-corrected chi connectivity index (χ0v) is 11.6. The van der Waals surface area contributed by atoms with Crippen LogP contribution in [0.5, 0.6) is 5.75 Å². The Morgan fingerprint density at radius 1 is 1.45 bits per heavy atom. The Balaban J connectivity index is 1.50. The first-order valence-electron chi connectivity index (χ1n) is 7.52. The second kappa shape index (κ2) is 4.49. The Morgan fingerprint density at radius 2 is 2.30 bits per heavy atom. The lowest BCUT2D eigenvalue weighted by Gasteiger charge is -2.53. The van der Waals surface area contributed by atoms with Gasteiger partial charge in [0.25, 0.3) is 6.71 Å². The number of hydrogen-bond donors (Lipinski definition) is 1. The Labute approximate surface area is 119 Å². The minimum absolute atomic E-state index is 0.123. The number of ether oxygens (including phenoxy) is 1. The average molecular weight is 267 g/mol. The summed E-state index contributed by atoms with van der Waals surface area (Å²) in [6.07, 6.45) is 7.17. The molecule has 20 heavy (non-hydrogen) atoms. The molecule has 3 aliphatic rings. The number of nitrogens with one attached hydrogen (secondary N) is 1. The molecule has 102 valence electrons. The summed E-state index contributed by atoms with van der Waals surface area (Å²) in [5.74, 6) is 3.37. The van der Waals surface area contributed by atoms with Crippen molar-refractivity contribution in [1.82, 2.24) is 10.3 Å². The molecule has 1 saturated heterocycles. The van der Waals surface area contributed by atoms with E-state index in [1.807, 2.05) is 12.3 Å². The summed E-state index contributed by atoms with van der Waals surface area (Å²) in [6, 6.07) is 1.97. The number of rotatable bonds is 2. The van der Waals surface area contributed by atoms with Gasteiger partial charge >= 0.3 is 0 Å². The van der Waals surface area contributed by atoms with E-state index in [4.69, 9.17) is 10.00 Å². The van der Waals surface area contributed by atoms with Crippen LogP contribution >= 0.6 is 0 Å². The molecule has 2 fully saturated rings. The molecule has 0 unspecified atom stereocenters. The first-order valence-corrected chi connectivity index (χ1v) is 7.52. The lowest BCUT2D eigenvalue weighted by atomic mass is 9.42. The number of aromatic nitrogens is 1. The monoisotopic (exact) mass is 267 g/mol. The van der Waals surface area contributed by atoms with E-state index in [1.54, 1.807) is 0 Å². The molecule has 5 heteroatoms. The van der Waals surface area contributed by atoms with E-state index in [0.717, 1.165) is 43.6 Å². The Morgan fingerprint density at radius 3 is 3.00 bits per heavy atom. The zero-order chi connectivity index (χ0) is 13.6. The van der Waals surface area contributed by atoms with Gasteiger partial charge in [-0.1, -0.05) is 6.32 Å². The van der Waals surface area contributed by atoms with Gasteiger partial charge in [-0.05, 0) is 31.6 Å². The molecule has 1 aliphatic carbocycles. The SMILES string of the molecule is N#CB1CCc2nccc(OC3CC4(CNC4)C3)c2C1. The number of nitriles is 1. The number of aryl methyl sites for hydroxylation is 1. The van der Waals surface area contributed by atoms with E-state index in [0.29, 0.717) is 11.5 Å². The highest BCUT2D eigenvalue weighted by Crippen LogP contribution is 2.46. The fourth-order valence-corrected chi connectivity index (χ4v) is 3.77. The van der Waals surface area contributed by atoms with Crippen molar-refractivity contribution in [3.8, 4) is 11.7 Å². The highest BCUT2D eigenvalue weighted by Gasteiger charge is 2.49. The molecular weight excluding hydrogens is 249 g/mol. The first kappa shape index (κ1) is 12.2. The molecular formula is C15H18BN3O. The number of hydrogen-bond acceptors (Lipinski definition) is 4. The molecule has 1 saturated carbocycles. The number of pyridine rings is 1. The van der Waals surface area contributed by atoms with Crippen LogP contribution in [-0.2, 0) is 12.7 Å². The lowest BCUT2D eigenvalue weighted by molar-refractivity contribution is -0.0498. The van der Waals surface area contributed by atoms with Gasteiger partial charge in [-0.15, -0.1) is 0 Å². The highest BCUT2D eigenvalue weighted by atomic mass is 16.5. The van der Waals surface area contributed by atoms with Gasteiger partial charge in [-0.2, -0.15) is 0 Å². The van der Waals surface area contributed by atoms with Crippen molar-refractivity contribution in [1.29, 1.82) is 5.26 Å². The van der Waals surface area contributed by atoms with Crippen LogP contribution in [-0.4, -0.2) is 30.9 Å². The van der Waals surface area contributed by atoms with Gasteiger partial charge in [0.05, 0.1) is 6.10 Å². The van der Waals surface area contributed by atoms with Gasteiger partial charge in [0.2, 0.25) is 0 Å². The van der Waals surface area contributed by atoms with Crippen LogP contribution in [0.2, 0.25) is 6.32 Å². The maximum absolute atomic E-state index is 9.14. The van der Waals surface area contributed by atoms with Gasteiger partial charge < -0.3 is 10.1 Å². The summed E-state index contributed by atoms with van der Waals surface area (Å²) in [7, 11) is 0. The molecule has 1 N–H and O–H groups in total. The fraction of sp³-hybridized carbons (Fsp3) is 0.600. The molecule has 2 aliphatic heterocycles. The second-order valence-corrected chi connectivity index (χ2v) is 6.55. The largest absolute Gasteiger partial charge is 0.490 e. The third-order valence-corrected chi connectivity index (χ3v) is 5.08. The van der Waals surface area contributed by atoms with Gasteiger partial charge in [0.1, 0.15) is 5.75 Å². The quantitative estimate of drug-likeness (QED) is 0.823. The third kappa shape index (κ3) is 1.91. The van der Waals surface area contributed by atoms with Crippen LogP contribution in [0.15, 0.2) is 12.3 Å². The lowest BCUT2D eigenvalue weighted by Crippen LogP contribution is -2.62. The summed E-state index contributed by atoms with van der Waals surface area (Å²) >= 11 is 0. The second-order valence-electron chi connectivity index (χ2n) is 6.55. The van der Waals surface area contributed by atoms with E-state index in [1.165, 1.54) is 18.4 Å². The first-order chi connectivity index (χ1) is 9.78. The van der Waals surface area contributed by atoms with E-state index in [-0.39, 0.29) is 6.71 Å². The summed E-state index contributed by atoms with van der Waals surface area (Å²) in [6.45, 7) is 2.42.